The molecular formula is C13H21ClN2O2. The van der Waals surface area contributed by atoms with Gasteiger partial charge in [-0.2, -0.15) is 0 Å². The summed E-state index contributed by atoms with van der Waals surface area (Å²) < 4.78 is 5.09. The number of carbonyl (C=O) groups excluding carboxylic acids is 1. The van der Waals surface area contributed by atoms with Gasteiger partial charge in [-0.15, -0.1) is 12.4 Å². The fraction of sp³-hybridized carbons (Fsp3) is 0.462. The van der Waals surface area contributed by atoms with Crippen LogP contribution in [0, 0.1) is 5.92 Å². The molecule has 1 aromatic carbocycles. The van der Waals surface area contributed by atoms with E-state index >= 15 is 0 Å². The number of para-hydroxylation sites is 1. The molecule has 18 heavy (non-hydrogen) atoms. The molecule has 0 saturated heterocycles. The van der Waals surface area contributed by atoms with Gasteiger partial charge in [-0.3, -0.25) is 4.79 Å². The first-order chi connectivity index (χ1) is 8.19. The van der Waals surface area contributed by atoms with Crippen LogP contribution >= 0.6 is 12.4 Å². The van der Waals surface area contributed by atoms with Crippen LogP contribution < -0.4 is 10.6 Å². The number of rotatable bonds is 6. The predicted octanol–water partition coefficient (Wildman–Crippen LogP) is 2.05. The Morgan fingerprint density at radius 2 is 2.06 bits per heavy atom. The van der Waals surface area contributed by atoms with Gasteiger partial charge in [-0.05, 0) is 13.1 Å². The van der Waals surface area contributed by atoms with Crippen LogP contribution in [-0.4, -0.2) is 26.6 Å². The minimum atomic E-state index is -0.0596. The van der Waals surface area contributed by atoms with Crippen molar-refractivity contribution in [1.82, 2.24) is 5.32 Å². The van der Waals surface area contributed by atoms with E-state index in [4.69, 9.17) is 4.74 Å². The Morgan fingerprint density at radius 3 is 2.67 bits per heavy atom. The first-order valence-electron chi connectivity index (χ1n) is 5.71. The Labute approximate surface area is 115 Å². The van der Waals surface area contributed by atoms with Crippen molar-refractivity contribution < 1.29 is 9.53 Å². The molecule has 0 aromatic heterocycles. The molecular weight excluding hydrogens is 252 g/mol. The molecule has 4 nitrogen and oxygen atoms in total. The number of amides is 1. The molecule has 1 amide bonds. The largest absolute Gasteiger partial charge is 0.380 e. The van der Waals surface area contributed by atoms with Gasteiger partial charge in [0.1, 0.15) is 0 Å². The molecule has 0 aliphatic rings. The van der Waals surface area contributed by atoms with Crippen molar-refractivity contribution >= 4 is 24.0 Å². The van der Waals surface area contributed by atoms with Crippen molar-refractivity contribution in [3.05, 3.63) is 29.8 Å². The third-order valence-corrected chi connectivity index (χ3v) is 2.53. The van der Waals surface area contributed by atoms with E-state index in [1.807, 2.05) is 38.2 Å². The van der Waals surface area contributed by atoms with Crippen molar-refractivity contribution in [2.24, 2.45) is 5.92 Å². The Hall–Kier alpha value is -1.10. The lowest BCUT2D eigenvalue weighted by atomic mass is 10.1. The minimum Gasteiger partial charge on any atom is -0.380 e. The monoisotopic (exact) mass is 272 g/mol. The molecule has 0 bridgehead atoms. The van der Waals surface area contributed by atoms with Crippen molar-refractivity contribution in [2.45, 2.75) is 13.5 Å². The molecule has 0 spiro atoms. The maximum Gasteiger partial charge on any atom is 0.228 e. The van der Waals surface area contributed by atoms with Gasteiger partial charge in [-0.25, -0.2) is 0 Å². The number of carbonyl (C=O) groups is 1. The SMILES string of the molecule is CNCC(C)C(=O)Nc1ccccc1COC.Cl. The highest BCUT2D eigenvalue weighted by molar-refractivity contribution is 5.93. The molecule has 1 atom stereocenters. The zero-order valence-corrected chi connectivity index (χ0v) is 11.8. The summed E-state index contributed by atoms with van der Waals surface area (Å²) in [5.74, 6) is -0.0431. The van der Waals surface area contributed by atoms with Gasteiger partial charge in [0.15, 0.2) is 0 Å². The summed E-state index contributed by atoms with van der Waals surface area (Å²) in [5.41, 5.74) is 1.81. The Kier molecular flexibility index (Phi) is 8.37. The van der Waals surface area contributed by atoms with E-state index in [2.05, 4.69) is 10.6 Å². The minimum absolute atomic E-state index is 0. The van der Waals surface area contributed by atoms with Crippen LogP contribution in [-0.2, 0) is 16.1 Å². The summed E-state index contributed by atoms with van der Waals surface area (Å²) in [4.78, 5) is 11.9. The second kappa shape index (κ2) is 8.91. The molecule has 0 heterocycles. The Morgan fingerprint density at radius 1 is 1.39 bits per heavy atom. The van der Waals surface area contributed by atoms with E-state index in [0.29, 0.717) is 13.2 Å². The second-order valence-electron chi connectivity index (χ2n) is 4.04. The van der Waals surface area contributed by atoms with Gasteiger partial charge in [-0.1, -0.05) is 25.1 Å². The number of anilines is 1. The Bertz CT molecular complexity index is 372. The fourth-order valence-corrected chi connectivity index (χ4v) is 1.58. The first-order valence-corrected chi connectivity index (χ1v) is 5.71. The van der Waals surface area contributed by atoms with Gasteiger partial charge in [0.25, 0.3) is 0 Å². The molecule has 102 valence electrons. The number of ether oxygens (including phenoxy) is 1. The highest BCUT2D eigenvalue weighted by Gasteiger charge is 2.13. The molecule has 0 saturated carbocycles. The van der Waals surface area contributed by atoms with Crippen LogP contribution in [0.2, 0.25) is 0 Å². The number of benzene rings is 1. The third-order valence-electron chi connectivity index (χ3n) is 2.53. The standard InChI is InChI=1S/C13H20N2O2.ClH/c1-10(8-14-2)13(16)15-12-7-5-4-6-11(12)9-17-3;/h4-7,10,14H,8-9H2,1-3H3,(H,15,16);1H. The lowest BCUT2D eigenvalue weighted by Crippen LogP contribution is -2.28. The average molecular weight is 273 g/mol. The Balaban J connectivity index is 0.00000289. The van der Waals surface area contributed by atoms with E-state index in [9.17, 15) is 4.79 Å². The van der Waals surface area contributed by atoms with E-state index in [-0.39, 0.29) is 24.2 Å². The van der Waals surface area contributed by atoms with Crippen LogP contribution in [0.25, 0.3) is 0 Å². The predicted molar refractivity (Wildman–Crippen MR) is 76.1 cm³/mol. The topological polar surface area (TPSA) is 50.4 Å². The molecule has 0 fully saturated rings. The molecule has 0 radical (unpaired) electrons. The lowest BCUT2D eigenvalue weighted by Gasteiger charge is -2.14. The van der Waals surface area contributed by atoms with E-state index in [1.54, 1.807) is 7.11 Å². The van der Waals surface area contributed by atoms with Gasteiger partial charge in [0.2, 0.25) is 5.91 Å². The number of nitrogens with one attached hydrogen (secondary N) is 2. The lowest BCUT2D eigenvalue weighted by molar-refractivity contribution is -0.119. The normalized spacial score (nSPS) is 11.5. The number of methoxy groups -OCH3 is 1. The zero-order valence-electron chi connectivity index (χ0n) is 11.0. The van der Waals surface area contributed by atoms with Crippen LogP contribution in [0.4, 0.5) is 5.69 Å². The highest BCUT2D eigenvalue weighted by atomic mass is 35.5. The van der Waals surface area contributed by atoms with Crippen LogP contribution in [0.15, 0.2) is 24.3 Å². The summed E-state index contributed by atoms with van der Waals surface area (Å²) in [6.45, 7) is 3.06. The average Bonchev–Trinajstić information content (AvgIpc) is 2.32. The number of hydrogen-bond donors (Lipinski definition) is 2. The van der Waals surface area contributed by atoms with Crippen molar-refractivity contribution in [2.75, 3.05) is 26.0 Å². The van der Waals surface area contributed by atoms with Crippen molar-refractivity contribution in [3.8, 4) is 0 Å². The number of halogens is 1. The third kappa shape index (κ3) is 5.04. The molecule has 1 unspecified atom stereocenters. The summed E-state index contributed by atoms with van der Waals surface area (Å²) in [5, 5.41) is 5.91. The molecule has 2 N–H and O–H groups in total. The highest BCUT2D eigenvalue weighted by Crippen LogP contribution is 2.16. The van der Waals surface area contributed by atoms with E-state index < -0.39 is 0 Å². The van der Waals surface area contributed by atoms with Gasteiger partial charge < -0.3 is 15.4 Å². The van der Waals surface area contributed by atoms with E-state index in [1.165, 1.54) is 0 Å². The van der Waals surface area contributed by atoms with Crippen LogP contribution in [0.3, 0.4) is 0 Å². The molecule has 0 aliphatic carbocycles. The van der Waals surface area contributed by atoms with E-state index in [0.717, 1.165) is 11.3 Å². The van der Waals surface area contributed by atoms with Crippen molar-refractivity contribution in [1.29, 1.82) is 0 Å². The fourth-order valence-electron chi connectivity index (χ4n) is 1.58. The summed E-state index contributed by atoms with van der Waals surface area (Å²) in [7, 11) is 3.48. The number of hydrogen-bond acceptors (Lipinski definition) is 3. The van der Waals surface area contributed by atoms with Gasteiger partial charge in [0.05, 0.1) is 6.61 Å². The van der Waals surface area contributed by atoms with Crippen molar-refractivity contribution in [3.63, 3.8) is 0 Å². The maximum atomic E-state index is 11.9. The van der Waals surface area contributed by atoms with Crippen LogP contribution in [0.1, 0.15) is 12.5 Å². The molecule has 1 rings (SSSR count). The molecule has 0 aliphatic heterocycles. The molecule has 1 aromatic rings. The van der Waals surface area contributed by atoms with Crippen LogP contribution in [0.5, 0.6) is 0 Å². The summed E-state index contributed by atoms with van der Waals surface area (Å²) in [6, 6.07) is 7.67. The maximum absolute atomic E-state index is 11.9. The van der Waals surface area contributed by atoms with Gasteiger partial charge >= 0.3 is 0 Å². The second-order valence-corrected chi connectivity index (χ2v) is 4.04. The summed E-state index contributed by atoms with van der Waals surface area (Å²) >= 11 is 0. The van der Waals surface area contributed by atoms with Gasteiger partial charge in [0, 0.05) is 30.8 Å². The summed E-state index contributed by atoms with van der Waals surface area (Å²) in [6.07, 6.45) is 0. The smallest absolute Gasteiger partial charge is 0.228 e. The zero-order chi connectivity index (χ0) is 12.7. The first kappa shape index (κ1) is 16.9. The molecule has 5 heteroatoms. The quantitative estimate of drug-likeness (QED) is 0.833.